The number of fused-ring (bicyclic) bond motifs is 8. The van der Waals surface area contributed by atoms with Crippen molar-refractivity contribution < 1.29 is 0 Å². The molecule has 0 amide bonds. The molecule has 11 rings (SSSR count). The second kappa shape index (κ2) is 14.3. The Morgan fingerprint density at radius 2 is 1.10 bits per heavy atom. The van der Waals surface area contributed by atoms with E-state index in [0.717, 1.165) is 24.1 Å². The molecular weight excluding hydrogens is 725 g/mol. The smallest absolute Gasteiger partial charge is 0.0795 e. The number of aryl methyl sites for hydroxylation is 1. The molecule has 2 nitrogen and oxygen atoms in total. The third-order valence-electron chi connectivity index (χ3n) is 13.2. The van der Waals surface area contributed by atoms with E-state index in [0.29, 0.717) is 0 Å². The minimum atomic E-state index is -0.128. The van der Waals surface area contributed by atoms with Gasteiger partial charge in [0.1, 0.15) is 0 Å². The van der Waals surface area contributed by atoms with Crippen molar-refractivity contribution >= 4 is 16.6 Å². The van der Waals surface area contributed by atoms with Gasteiger partial charge in [-0.3, -0.25) is 0 Å². The van der Waals surface area contributed by atoms with Gasteiger partial charge < -0.3 is 10.3 Å². The summed E-state index contributed by atoms with van der Waals surface area (Å²) in [5.41, 5.74) is 29.5. The van der Waals surface area contributed by atoms with Crippen LogP contribution in [0, 0.1) is 0 Å². The summed E-state index contributed by atoms with van der Waals surface area (Å²) in [4.78, 5) is 0. The van der Waals surface area contributed by atoms with E-state index in [1.807, 2.05) is 0 Å². The maximum absolute atomic E-state index is 7.14. The Kier molecular flexibility index (Phi) is 8.56. The standard InChI is InChI=1S/C58H46N2/c1-58(2)51-23-12-11-22-48(51)49-31-28-45(35-52(49)58)43-19-13-20-44(34-43)46-29-32-50-56(36-46)60(54-33-30-40-16-9-10-21-47(40)57(50)54)55(42-17-7-4-8-18-42)37-53(59)41-26-24-39(25-27-41)38-14-5-3-6-15-38/h3-29,31-32,34-37,55H,30,33,59H2,1-2H3/b53-37-. The number of benzene rings is 8. The number of hydrogen-bond donors (Lipinski definition) is 1. The van der Waals surface area contributed by atoms with Crippen LogP contribution in [0.15, 0.2) is 200 Å². The molecule has 2 aliphatic rings. The van der Waals surface area contributed by atoms with Crippen molar-refractivity contribution in [2.75, 3.05) is 0 Å². The molecule has 0 aliphatic heterocycles. The van der Waals surface area contributed by atoms with Crippen molar-refractivity contribution in [3.63, 3.8) is 0 Å². The van der Waals surface area contributed by atoms with Gasteiger partial charge >= 0.3 is 0 Å². The lowest BCUT2D eigenvalue weighted by atomic mass is 9.81. The van der Waals surface area contributed by atoms with Crippen molar-refractivity contribution in [1.29, 1.82) is 0 Å². The molecule has 1 atom stereocenters. The van der Waals surface area contributed by atoms with Gasteiger partial charge in [0.05, 0.1) is 11.6 Å². The molecule has 0 saturated heterocycles. The second-order valence-corrected chi connectivity index (χ2v) is 17.0. The summed E-state index contributed by atoms with van der Waals surface area (Å²) < 4.78 is 2.59. The van der Waals surface area contributed by atoms with Crippen LogP contribution in [-0.2, 0) is 18.3 Å². The van der Waals surface area contributed by atoms with Gasteiger partial charge in [0, 0.05) is 27.8 Å². The summed E-state index contributed by atoms with van der Waals surface area (Å²) in [7, 11) is 0. The van der Waals surface area contributed by atoms with Crippen LogP contribution in [0.25, 0.3) is 72.2 Å². The Morgan fingerprint density at radius 3 is 1.88 bits per heavy atom. The van der Waals surface area contributed by atoms with Crippen LogP contribution >= 0.6 is 0 Å². The van der Waals surface area contributed by atoms with Crippen molar-refractivity contribution in [3.8, 4) is 55.6 Å². The van der Waals surface area contributed by atoms with E-state index in [-0.39, 0.29) is 11.5 Å². The van der Waals surface area contributed by atoms with E-state index >= 15 is 0 Å². The first-order chi connectivity index (χ1) is 29.4. The lowest BCUT2D eigenvalue weighted by Crippen LogP contribution is -2.16. The van der Waals surface area contributed by atoms with Crippen molar-refractivity contribution in [2.24, 2.45) is 5.73 Å². The summed E-state index contributed by atoms with van der Waals surface area (Å²) >= 11 is 0. The number of nitrogens with two attached hydrogens (primary N) is 1. The van der Waals surface area contributed by atoms with Crippen molar-refractivity contribution in [2.45, 2.75) is 38.1 Å². The fourth-order valence-corrected chi connectivity index (χ4v) is 10.1. The molecule has 288 valence electrons. The molecule has 1 heterocycles. The SMILES string of the molecule is CC1(C)c2ccccc2-c2ccc(-c3cccc(-c4ccc5c6c(n(C(/C=C(\N)c7ccc(-c8ccccc8)cc7)c7ccccc7)c5c4)CCc4ccccc4-6)c3)cc21. The van der Waals surface area contributed by atoms with Crippen LogP contribution < -0.4 is 5.73 Å². The topological polar surface area (TPSA) is 30.9 Å². The Balaban J connectivity index is 1.05. The summed E-state index contributed by atoms with van der Waals surface area (Å²) in [6.45, 7) is 4.71. The first-order valence-corrected chi connectivity index (χ1v) is 21.2. The first-order valence-electron chi connectivity index (χ1n) is 21.2. The monoisotopic (exact) mass is 770 g/mol. The lowest BCUT2D eigenvalue weighted by molar-refractivity contribution is 0.660. The number of allylic oxidation sites excluding steroid dienone is 1. The minimum absolute atomic E-state index is 0.0491. The van der Waals surface area contributed by atoms with Crippen molar-refractivity contribution in [1.82, 2.24) is 4.57 Å². The molecule has 2 heteroatoms. The molecule has 60 heavy (non-hydrogen) atoms. The Bertz CT molecular complexity index is 3110. The van der Waals surface area contributed by atoms with Crippen molar-refractivity contribution in [3.05, 3.63) is 234 Å². The lowest BCUT2D eigenvalue weighted by Gasteiger charge is -2.25. The van der Waals surface area contributed by atoms with Crippen LogP contribution in [0.3, 0.4) is 0 Å². The van der Waals surface area contributed by atoms with Gasteiger partial charge in [-0.2, -0.15) is 0 Å². The van der Waals surface area contributed by atoms with Gasteiger partial charge in [-0.25, -0.2) is 0 Å². The average molecular weight is 771 g/mol. The zero-order valence-electron chi connectivity index (χ0n) is 34.1. The minimum Gasteiger partial charge on any atom is -0.398 e. The zero-order chi connectivity index (χ0) is 40.4. The summed E-state index contributed by atoms with van der Waals surface area (Å²) in [5.74, 6) is 0. The van der Waals surface area contributed by atoms with E-state index in [9.17, 15) is 0 Å². The fraction of sp³-hybridized carbons (Fsp3) is 0.103. The van der Waals surface area contributed by atoms with Gasteiger partial charge in [0.15, 0.2) is 0 Å². The number of nitrogens with zero attached hydrogens (tertiary/aromatic N) is 1. The molecule has 9 aromatic rings. The predicted octanol–water partition coefficient (Wildman–Crippen LogP) is 14.3. The summed E-state index contributed by atoms with van der Waals surface area (Å²) in [5, 5.41) is 1.28. The quantitative estimate of drug-likeness (QED) is 0.172. The molecule has 1 aromatic heterocycles. The molecule has 2 aliphatic carbocycles. The van der Waals surface area contributed by atoms with Crippen LogP contribution in [0.2, 0.25) is 0 Å². The maximum Gasteiger partial charge on any atom is 0.0795 e. The van der Waals surface area contributed by atoms with E-state index in [1.165, 1.54) is 94.5 Å². The highest BCUT2D eigenvalue weighted by Gasteiger charge is 2.35. The maximum atomic E-state index is 7.14. The van der Waals surface area contributed by atoms with Crippen LogP contribution in [0.1, 0.15) is 53.4 Å². The molecule has 0 fully saturated rings. The third-order valence-corrected chi connectivity index (χ3v) is 13.2. The summed E-state index contributed by atoms with van der Waals surface area (Å²) in [6.07, 6.45) is 4.22. The number of rotatable bonds is 7. The second-order valence-electron chi connectivity index (χ2n) is 17.0. The fourth-order valence-electron chi connectivity index (χ4n) is 10.1. The molecule has 0 spiro atoms. The van der Waals surface area contributed by atoms with E-state index < -0.39 is 0 Å². The highest BCUT2D eigenvalue weighted by atomic mass is 15.0. The van der Waals surface area contributed by atoms with Gasteiger partial charge in [-0.15, -0.1) is 0 Å². The van der Waals surface area contributed by atoms with Crippen LogP contribution in [0.4, 0.5) is 0 Å². The van der Waals surface area contributed by atoms with Gasteiger partial charge in [-0.05, 0) is 115 Å². The van der Waals surface area contributed by atoms with E-state index in [1.54, 1.807) is 0 Å². The average Bonchev–Trinajstić information content (AvgIpc) is 3.76. The molecule has 2 N–H and O–H groups in total. The molecule has 0 bridgehead atoms. The third kappa shape index (κ3) is 5.94. The Morgan fingerprint density at radius 1 is 0.517 bits per heavy atom. The van der Waals surface area contributed by atoms with Crippen LogP contribution in [-0.4, -0.2) is 4.57 Å². The van der Waals surface area contributed by atoms with E-state index in [4.69, 9.17) is 5.73 Å². The Labute approximate surface area is 352 Å². The van der Waals surface area contributed by atoms with Gasteiger partial charge in [0.25, 0.3) is 0 Å². The zero-order valence-corrected chi connectivity index (χ0v) is 34.1. The largest absolute Gasteiger partial charge is 0.398 e. The molecule has 8 aromatic carbocycles. The molecule has 0 radical (unpaired) electrons. The molecule has 0 saturated carbocycles. The number of aromatic nitrogens is 1. The highest BCUT2D eigenvalue weighted by Crippen LogP contribution is 2.50. The van der Waals surface area contributed by atoms with Gasteiger partial charge in [-0.1, -0.05) is 190 Å². The predicted molar refractivity (Wildman–Crippen MR) is 252 cm³/mol. The normalized spacial score (nSPS) is 14.3. The molecule has 1 unspecified atom stereocenters. The Hall–Kier alpha value is -7.16. The number of hydrogen-bond acceptors (Lipinski definition) is 1. The molecular formula is C58H46N2. The summed E-state index contributed by atoms with van der Waals surface area (Å²) in [6, 6.07) is 71.0. The van der Waals surface area contributed by atoms with Crippen LogP contribution in [0.5, 0.6) is 0 Å². The van der Waals surface area contributed by atoms with E-state index in [2.05, 4.69) is 219 Å². The van der Waals surface area contributed by atoms with Gasteiger partial charge in [0.2, 0.25) is 0 Å². The highest BCUT2D eigenvalue weighted by molar-refractivity contribution is 6.02. The first kappa shape index (κ1) is 36.0.